The fourth-order valence-corrected chi connectivity index (χ4v) is 4.25. The quantitative estimate of drug-likeness (QED) is 0.480. The number of urea groups is 1. The third kappa shape index (κ3) is 7.62. The fraction of sp³-hybridized carbons (Fsp3) is 0.464. The molecule has 3 rings (SSSR count). The van der Waals surface area contributed by atoms with Gasteiger partial charge in [-0.1, -0.05) is 18.2 Å². The Hall–Kier alpha value is -3.75. The van der Waals surface area contributed by atoms with E-state index in [2.05, 4.69) is 0 Å². The first kappa shape index (κ1) is 27.8. The number of carbonyl (C=O) groups excluding carboxylic acids is 2. The molecular weight excluding hydrogens is 474 g/mol. The van der Waals surface area contributed by atoms with Crippen molar-refractivity contribution in [3.05, 3.63) is 54.1 Å². The summed E-state index contributed by atoms with van der Waals surface area (Å²) in [4.78, 5) is 42.1. The van der Waals surface area contributed by atoms with E-state index in [-0.39, 0.29) is 6.03 Å². The summed E-state index contributed by atoms with van der Waals surface area (Å²) in [6.45, 7) is 6.89. The molecular formula is C28H37N3O6. The molecule has 0 bridgehead atoms. The molecule has 0 aliphatic carbocycles. The predicted molar refractivity (Wildman–Crippen MR) is 142 cm³/mol. The molecule has 3 amide bonds. The lowest BCUT2D eigenvalue weighted by atomic mass is 9.94. The van der Waals surface area contributed by atoms with E-state index in [4.69, 9.17) is 9.47 Å². The molecule has 200 valence electrons. The third-order valence-corrected chi connectivity index (χ3v) is 6.18. The van der Waals surface area contributed by atoms with Crippen LogP contribution in [0.2, 0.25) is 0 Å². The first-order valence-corrected chi connectivity index (χ1v) is 12.5. The highest BCUT2D eigenvalue weighted by atomic mass is 16.6. The van der Waals surface area contributed by atoms with Gasteiger partial charge in [-0.05, 0) is 69.9 Å². The number of methoxy groups -OCH3 is 1. The predicted octanol–water partition coefficient (Wildman–Crippen LogP) is 5.03. The Bertz CT molecular complexity index is 1110. The number of carboxylic acid groups (broad SMARTS) is 1. The number of hydrogen-bond acceptors (Lipinski definition) is 5. The van der Waals surface area contributed by atoms with Crippen LogP contribution in [0.3, 0.4) is 0 Å². The molecule has 0 saturated carbocycles. The van der Waals surface area contributed by atoms with Gasteiger partial charge < -0.3 is 19.5 Å². The Morgan fingerprint density at radius 2 is 1.68 bits per heavy atom. The molecule has 1 fully saturated rings. The number of hydrogen-bond donors (Lipinski definition) is 1. The molecule has 0 radical (unpaired) electrons. The van der Waals surface area contributed by atoms with Crippen molar-refractivity contribution in [2.45, 2.75) is 45.6 Å². The van der Waals surface area contributed by atoms with Gasteiger partial charge in [0.05, 0.1) is 13.0 Å². The van der Waals surface area contributed by atoms with Crippen molar-refractivity contribution in [3.8, 4) is 5.75 Å². The van der Waals surface area contributed by atoms with Crippen molar-refractivity contribution in [1.29, 1.82) is 0 Å². The van der Waals surface area contributed by atoms with Crippen LogP contribution >= 0.6 is 0 Å². The lowest BCUT2D eigenvalue weighted by molar-refractivity contribution is -0.142. The van der Waals surface area contributed by atoms with Crippen LogP contribution in [-0.2, 0) is 16.0 Å². The van der Waals surface area contributed by atoms with E-state index in [1.54, 1.807) is 44.7 Å². The van der Waals surface area contributed by atoms with Gasteiger partial charge in [-0.3, -0.25) is 14.6 Å². The second kappa shape index (κ2) is 12.0. The Morgan fingerprint density at radius 3 is 2.27 bits per heavy atom. The highest BCUT2D eigenvalue weighted by Crippen LogP contribution is 2.28. The van der Waals surface area contributed by atoms with Crippen molar-refractivity contribution < 1.29 is 29.0 Å². The lowest BCUT2D eigenvalue weighted by Gasteiger charge is -2.25. The first-order chi connectivity index (χ1) is 17.5. The van der Waals surface area contributed by atoms with Crippen molar-refractivity contribution in [1.82, 2.24) is 4.90 Å². The number of rotatable bonds is 10. The molecule has 9 heteroatoms. The van der Waals surface area contributed by atoms with Crippen LogP contribution in [0.25, 0.3) is 0 Å². The van der Waals surface area contributed by atoms with Gasteiger partial charge in [0, 0.05) is 44.1 Å². The lowest BCUT2D eigenvalue weighted by Crippen LogP contribution is -2.35. The van der Waals surface area contributed by atoms with Crippen molar-refractivity contribution in [3.63, 3.8) is 0 Å². The molecule has 9 nitrogen and oxygen atoms in total. The number of aliphatic carboxylic acids is 1. The largest absolute Gasteiger partial charge is 0.497 e. The van der Waals surface area contributed by atoms with Gasteiger partial charge in [-0.15, -0.1) is 0 Å². The van der Waals surface area contributed by atoms with Gasteiger partial charge >= 0.3 is 18.1 Å². The summed E-state index contributed by atoms with van der Waals surface area (Å²) in [7, 11) is 3.24. The summed E-state index contributed by atoms with van der Waals surface area (Å²) in [5.74, 6) is -0.806. The second-order valence-electron chi connectivity index (χ2n) is 10.2. The van der Waals surface area contributed by atoms with Crippen LogP contribution in [0.5, 0.6) is 5.75 Å². The Kier molecular flexibility index (Phi) is 9.02. The molecule has 2 aromatic rings. The van der Waals surface area contributed by atoms with Crippen LogP contribution < -0.4 is 14.5 Å². The van der Waals surface area contributed by atoms with E-state index in [1.807, 2.05) is 48.5 Å². The van der Waals surface area contributed by atoms with E-state index in [1.165, 1.54) is 4.90 Å². The molecule has 1 aliphatic heterocycles. The highest BCUT2D eigenvalue weighted by Gasteiger charge is 2.31. The zero-order valence-electron chi connectivity index (χ0n) is 22.3. The molecule has 2 aromatic carbocycles. The zero-order chi connectivity index (χ0) is 27.2. The number of amides is 3. The standard InChI is InChI=1S/C28H37N3O6/c1-28(2,3)37-27(35)29(4)14-8-10-21(25(32)33)17-20-9-6-11-22(18-20)30-15-16-31(26(30)34)23-12-7-13-24(19-23)36-5/h6-7,9,11-13,18-19,21H,8,10,14-17H2,1-5H3,(H,32,33). The maximum Gasteiger partial charge on any atom is 0.410 e. The number of benzene rings is 2. The van der Waals surface area contributed by atoms with Crippen molar-refractivity contribution in [2.75, 3.05) is 43.6 Å². The van der Waals surface area contributed by atoms with E-state index < -0.39 is 23.6 Å². The minimum Gasteiger partial charge on any atom is -0.497 e. The number of carbonyl (C=O) groups is 3. The minimum atomic E-state index is -0.883. The summed E-state index contributed by atoms with van der Waals surface area (Å²) in [6.07, 6.45) is 0.859. The average Bonchev–Trinajstić information content (AvgIpc) is 3.23. The number of ether oxygens (including phenoxy) is 2. The van der Waals surface area contributed by atoms with E-state index in [0.717, 1.165) is 16.9 Å². The SMILES string of the molecule is COc1cccc(N2CCN(c3cccc(CC(CCCN(C)C(=O)OC(C)(C)C)C(=O)O)c3)C2=O)c1. The first-order valence-electron chi connectivity index (χ1n) is 12.5. The van der Waals surface area contributed by atoms with E-state index in [0.29, 0.717) is 44.6 Å². The monoisotopic (exact) mass is 511 g/mol. The third-order valence-electron chi connectivity index (χ3n) is 6.18. The van der Waals surface area contributed by atoms with Crippen LogP contribution in [0.4, 0.5) is 21.0 Å². The highest BCUT2D eigenvalue weighted by molar-refractivity contribution is 6.06. The van der Waals surface area contributed by atoms with Gasteiger partial charge in [-0.25, -0.2) is 9.59 Å². The Balaban J connectivity index is 1.61. The van der Waals surface area contributed by atoms with Crippen molar-refractivity contribution in [2.24, 2.45) is 5.92 Å². The smallest absolute Gasteiger partial charge is 0.410 e. The summed E-state index contributed by atoms with van der Waals surface area (Å²) in [5.41, 5.74) is 1.77. The van der Waals surface area contributed by atoms with Gasteiger partial charge in [0.15, 0.2) is 0 Å². The number of anilines is 2. The van der Waals surface area contributed by atoms with E-state index in [9.17, 15) is 19.5 Å². The maximum atomic E-state index is 13.2. The van der Waals surface area contributed by atoms with Crippen LogP contribution in [-0.4, -0.2) is 67.5 Å². The van der Waals surface area contributed by atoms with Gasteiger partial charge in [0.25, 0.3) is 0 Å². The Labute approximate surface area is 218 Å². The summed E-state index contributed by atoms with van der Waals surface area (Å²) in [6, 6.07) is 14.7. The fourth-order valence-electron chi connectivity index (χ4n) is 4.25. The molecule has 0 aromatic heterocycles. The summed E-state index contributed by atoms with van der Waals surface area (Å²) < 4.78 is 10.6. The number of carboxylic acids is 1. The zero-order valence-corrected chi connectivity index (χ0v) is 22.3. The molecule has 0 spiro atoms. The minimum absolute atomic E-state index is 0.134. The molecule has 1 aliphatic rings. The molecule has 1 N–H and O–H groups in total. The molecule has 1 saturated heterocycles. The normalized spacial score (nSPS) is 14.5. The Morgan fingerprint density at radius 1 is 1.05 bits per heavy atom. The van der Waals surface area contributed by atoms with Crippen LogP contribution in [0.15, 0.2) is 48.5 Å². The molecule has 1 atom stereocenters. The molecule has 1 heterocycles. The van der Waals surface area contributed by atoms with Crippen molar-refractivity contribution >= 4 is 29.5 Å². The van der Waals surface area contributed by atoms with E-state index >= 15 is 0 Å². The molecule has 37 heavy (non-hydrogen) atoms. The summed E-state index contributed by atoms with van der Waals surface area (Å²) >= 11 is 0. The topological polar surface area (TPSA) is 99.6 Å². The van der Waals surface area contributed by atoms with Gasteiger partial charge in [-0.2, -0.15) is 0 Å². The number of nitrogens with zero attached hydrogens (tertiary/aromatic N) is 3. The molecule has 1 unspecified atom stereocenters. The second-order valence-corrected chi connectivity index (χ2v) is 10.2. The van der Waals surface area contributed by atoms with Gasteiger partial charge in [0.2, 0.25) is 0 Å². The van der Waals surface area contributed by atoms with Gasteiger partial charge in [0.1, 0.15) is 11.4 Å². The van der Waals surface area contributed by atoms with Crippen LogP contribution in [0.1, 0.15) is 39.2 Å². The summed E-state index contributed by atoms with van der Waals surface area (Å²) in [5, 5.41) is 9.80. The maximum absolute atomic E-state index is 13.2. The average molecular weight is 512 g/mol. The van der Waals surface area contributed by atoms with Crippen LogP contribution in [0, 0.1) is 5.92 Å².